The number of benzene rings is 1. The van der Waals surface area contributed by atoms with E-state index in [4.69, 9.17) is 5.11 Å². The minimum absolute atomic E-state index is 0.0694. The van der Waals surface area contributed by atoms with Gasteiger partial charge in [0, 0.05) is 19.0 Å². The largest absolute Gasteiger partial charge is 0.392 e. The smallest absolute Gasteiger partial charge is 0.225 e. The highest BCUT2D eigenvalue weighted by molar-refractivity contribution is 5.79. The Morgan fingerprint density at radius 3 is 2.59 bits per heavy atom. The molecule has 1 aromatic carbocycles. The van der Waals surface area contributed by atoms with Gasteiger partial charge in [-0.2, -0.15) is 0 Å². The molecule has 1 fully saturated rings. The molecule has 0 bridgehead atoms. The molecule has 1 atom stereocenters. The highest BCUT2D eigenvalue weighted by Crippen LogP contribution is 2.19. The zero-order chi connectivity index (χ0) is 12.3. The highest BCUT2D eigenvalue weighted by atomic mass is 16.3. The summed E-state index contributed by atoms with van der Waals surface area (Å²) in [5, 5.41) is 8.96. The summed E-state index contributed by atoms with van der Waals surface area (Å²) >= 11 is 0. The molecule has 1 aliphatic heterocycles. The number of rotatable bonds is 3. The minimum Gasteiger partial charge on any atom is -0.392 e. The van der Waals surface area contributed by atoms with Crippen molar-refractivity contribution in [2.45, 2.75) is 32.9 Å². The summed E-state index contributed by atoms with van der Waals surface area (Å²) in [6.07, 6.45) is 2.11. The Labute approximate surface area is 102 Å². The predicted molar refractivity (Wildman–Crippen MR) is 66.2 cm³/mol. The second-order valence-corrected chi connectivity index (χ2v) is 4.78. The lowest BCUT2D eigenvalue weighted by molar-refractivity contribution is -0.138. The molecular formula is C14H19NO2. The molecule has 0 spiro atoms. The maximum absolute atomic E-state index is 11.9. The fourth-order valence-corrected chi connectivity index (χ4v) is 2.26. The second kappa shape index (κ2) is 5.32. The zero-order valence-electron chi connectivity index (χ0n) is 10.2. The van der Waals surface area contributed by atoms with Gasteiger partial charge in [-0.05, 0) is 24.0 Å². The monoisotopic (exact) mass is 233 g/mol. The third kappa shape index (κ3) is 2.86. The van der Waals surface area contributed by atoms with Crippen LogP contribution in [0, 0.1) is 5.92 Å². The summed E-state index contributed by atoms with van der Waals surface area (Å²) < 4.78 is 0. The highest BCUT2D eigenvalue weighted by Gasteiger charge is 2.24. The van der Waals surface area contributed by atoms with Gasteiger partial charge >= 0.3 is 0 Å². The molecule has 92 valence electrons. The molecule has 0 aromatic heterocycles. The average molecular weight is 233 g/mol. The van der Waals surface area contributed by atoms with Gasteiger partial charge in [0.15, 0.2) is 0 Å². The van der Waals surface area contributed by atoms with Crippen molar-refractivity contribution < 1.29 is 9.90 Å². The topological polar surface area (TPSA) is 40.5 Å². The third-order valence-electron chi connectivity index (χ3n) is 3.38. The molecule has 3 nitrogen and oxygen atoms in total. The Hall–Kier alpha value is -1.35. The van der Waals surface area contributed by atoms with Crippen molar-refractivity contribution >= 4 is 5.91 Å². The molecule has 0 radical (unpaired) electrons. The number of hydrogen-bond donors (Lipinski definition) is 1. The number of carbonyl (C=O) groups excluding carboxylic acids is 1. The molecule has 1 N–H and O–H groups in total. The maximum atomic E-state index is 11.9. The van der Waals surface area contributed by atoms with Crippen LogP contribution in [0.15, 0.2) is 24.3 Å². The molecule has 1 amide bonds. The van der Waals surface area contributed by atoms with Gasteiger partial charge in [0.05, 0.1) is 6.61 Å². The van der Waals surface area contributed by atoms with E-state index in [1.165, 1.54) is 0 Å². The van der Waals surface area contributed by atoms with Crippen LogP contribution in [-0.2, 0) is 17.9 Å². The molecule has 0 aliphatic carbocycles. The fourth-order valence-electron chi connectivity index (χ4n) is 2.26. The van der Waals surface area contributed by atoms with Crippen molar-refractivity contribution in [3.8, 4) is 0 Å². The fraction of sp³-hybridized carbons (Fsp3) is 0.500. The lowest BCUT2D eigenvalue weighted by Gasteiger charge is -2.30. The Balaban J connectivity index is 2.01. The van der Waals surface area contributed by atoms with E-state index in [1.54, 1.807) is 0 Å². The van der Waals surface area contributed by atoms with Crippen LogP contribution in [0.25, 0.3) is 0 Å². The maximum Gasteiger partial charge on any atom is 0.225 e. The van der Waals surface area contributed by atoms with E-state index >= 15 is 0 Å². The predicted octanol–water partition coefficient (Wildman–Crippen LogP) is 1.94. The average Bonchev–Trinajstić information content (AvgIpc) is 2.36. The number of hydrogen-bond acceptors (Lipinski definition) is 2. The van der Waals surface area contributed by atoms with Crippen LogP contribution in [0.5, 0.6) is 0 Å². The van der Waals surface area contributed by atoms with Gasteiger partial charge < -0.3 is 10.0 Å². The molecule has 1 aromatic rings. The van der Waals surface area contributed by atoms with Crippen LogP contribution in [0.4, 0.5) is 0 Å². The number of nitrogens with zero attached hydrogens (tertiary/aromatic N) is 1. The van der Waals surface area contributed by atoms with E-state index in [9.17, 15) is 4.79 Å². The Morgan fingerprint density at radius 1 is 1.29 bits per heavy atom. The molecule has 1 unspecified atom stereocenters. The summed E-state index contributed by atoms with van der Waals surface area (Å²) in [6.45, 7) is 3.63. The quantitative estimate of drug-likeness (QED) is 0.866. The molecule has 1 aliphatic rings. The first-order valence-corrected chi connectivity index (χ1v) is 6.18. The van der Waals surface area contributed by atoms with Crippen molar-refractivity contribution in [1.29, 1.82) is 0 Å². The molecule has 1 heterocycles. The number of piperidine rings is 1. The lowest BCUT2D eigenvalue weighted by atomic mass is 9.98. The molecule has 0 saturated carbocycles. The first-order chi connectivity index (χ1) is 8.20. The Bertz CT molecular complexity index is 386. The van der Waals surface area contributed by atoms with E-state index < -0.39 is 0 Å². The summed E-state index contributed by atoms with van der Waals surface area (Å²) in [7, 11) is 0. The van der Waals surface area contributed by atoms with Crippen LogP contribution >= 0.6 is 0 Å². The van der Waals surface area contributed by atoms with E-state index in [1.807, 2.05) is 36.1 Å². The number of carbonyl (C=O) groups is 1. The van der Waals surface area contributed by atoms with Gasteiger partial charge in [-0.15, -0.1) is 0 Å². The van der Waals surface area contributed by atoms with Crippen molar-refractivity contribution in [1.82, 2.24) is 4.90 Å². The standard InChI is InChI=1S/C14H19NO2/c1-11-3-2-8-15(14(11)17)9-12-4-6-13(10-16)7-5-12/h4-7,11,16H,2-3,8-10H2,1H3. The van der Waals surface area contributed by atoms with E-state index in [0.717, 1.165) is 30.5 Å². The first-order valence-electron chi connectivity index (χ1n) is 6.18. The molecule has 1 saturated heterocycles. The van der Waals surface area contributed by atoms with Gasteiger partial charge in [-0.3, -0.25) is 4.79 Å². The van der Waals surface area contributed by atoms with Gasteiger partial charge in [-0.25, -0.2) is 0 Å². The van der Waals surface area contributed by atoms with E-state index in [0.29, 0.717) is 6.54 Å². The van der Waals surface area contributed by atoms with Gasteiger partial charge in [0.25, 0.3) is 0 Å². The molecule has 3 heteroatoms. The third-order valence-corrected chi connectivity index (χ3v) is 3.38. The first kappa shape index (κ1) is 12.1. The second-order valence-electron chi connectivity index (χ2n) is 4.78. The van der Waals surface area contributed by atoms with E-state index in [2.05, 4.69) is 0 Å². The van der Waals surface area contributed by atoms with Crippen molar-refractivity contribution in [2.75, 3.05) is 6.54 Å². The Kier molecular flexibility index (Phi) is 3.79. The van der Waals surface area contributed by atoms with Crippen LogP contribution in [-0.4, -0.2) is 22.5 Å². The SMILES string of the molecule is CC1CCCN(Cc2ccc(CO)cc2)C1=O. The number of amides is 1. The van der Waals surface area contributed by atoms with Crippen LogP contribution < -0.4 is 0 Å². The van der Waals surface area contributed by atoms with E-state index in [-0.39, 0.29) is 18.4 Å². The lowest BCUT2D eigenvalue weighted by Crippen LogP contribution is -2.39. The molecule has 17 heavy (non-hydrogen) atoms. The van der Waals surface area contributed by atoms with Crippen molar-refractivity contribution in [3.63, 3.8) is 0 Å². The number of likely N-dealkylation sites (tertiary alicyclic amines) is 1. The van der Waals surface area contributed by atoms with Crippen LogP contribution in [0.2, 0.25) is 0 Å². The molecule has 2 rings (SSSR count). The zero-order valence-corrected chi connectivity index (χ0v) is 10.2. The normalized spacial score (nSPS) is 20.7. The van der Waals surface area contributed by atoms with Crippen molar-refractivity contribution in [3.05, 3.63) is 35.4 Å². The summed E-state index contributed by atoms with van der Waals surface area (Å²) in [6, 6.07) is 7.79. The van der Waals surface area contributed by atoms with Gasteiger partial charge in [-0.1, -0.05) is 31.2 Å². The summed E-state index contributed by atoms with van der Waals surface area (Å²) in [5.41, 5.74) is 2.04. The number of aliphatic hydroxyl groups excluding tert-OH is 1. The minimum atomic E-state index is 0.0694. The number of aliphatic hydroxyl groups is 1. The Morgan fingerprint density at radius 2 is 1.94 bits per heavy atom. The van der Waals surface area contributed by atoms with Crippen molar-refractivity contribution in [2.24, 2.45) is 5.92 Å². The van der Waals surface area contributed by atoms with Crippen LogP contribution in [0.1, 0.15) is 30.9 Å². The van der Waals surface area contributed by atoms with Gasteiger partial charge in [0.2, 0.25) is 5.91 Å². The van der Waals surface area contributed by atoms with Crippen LogP contribution in [0.3, 0.4) is 0 Å². The van der Waals surface area contributed by atoms with Gasteiger partial charge in [0.1, 0.15) is 0 Å². The molecular weight excluding hydrogens is 214 g/mol. The summed E-state index contributed by atoms with van der Waals surface area (Å²) in [4.78, 5) is 13.9. The summed E-state index contributed by atoms with van der Waals surface area (Å²) in [5.74, 6) is 0.433.